The SMILES string of the molecule is CCc1ccccc1CN1CCCOC(CN2CCOCC2)C1. The fourth-order valence-corrected chi connectivity index (χ4v) is 3.59. The third kappa shape index (κ3) is 5.01. The second-order valence-electron chi connectivity index (χ2n) is 6.62. The lowest BCUT2D eigenvalue weighted by Crippen LogP contribution is -2.44. The van der Waals surface area contributed by atoms with Crippen molar-refractivity contribution >= 4 is 0 Å². The molecule has 1 atom stereocenters. The predicted molar refractivity (Wildman–Crippen MR) is 92.7 cm³/mol. The van der Waals surface area contributed by atoms with E-state index in [1.807, 2.05) is 0 Å². The van der Waals surface area contributed by atoms with Gasteiger partial charge in [0.25, 0.3) is 0 Å². The number of hydrogen-bond acceptors (Lipinski definition) is 4. The van der Waals surface area contributed by atoms with Gasteiger partial charge in [0.15, 0.2) is 0 Å². The van der Waals surface area contributed by atoms with E-state index in [0.29, 0.717) is 6.10 Å². The first-order chi connectivity index (χ1) is 11.3. The maximum atomic E-state index is 6.11. The van der Waals surface area contributed by atoms with E-state index in [-0.39, 0.29) is 0 Å². The van der Waals surface area contributed by atoms with Gasteiger partial charge in [0.05, 0.1) is 19.3 Å². The van der Waals surface area contributed by atoms with Crippen molar-refractivity contribution in [1.29, 1.82) is 0 Å². The van der Waals surface area contributed by atoms with Gasteiger partial charge in [0.2, 0.25) is 0 Å². The number of aryl methyl sites for hydroxylation is 1. The molecule has 23 heavy (non-hydrogen) atoms. The minimum Gasteiger partial charge on any atom is -0.379 e. The highest BCUT2D eigenvalue weighted by molar-refractivity contribution is 5.26. The van der Waals surface area contributed by atoms with Gasteiger partial charge in [-0.1, -0.05) is 31.2 Å². The summed E-state index contributed by atoms with van der Waals surface area (Å²) in [5.41, 5.74) is 2.95. The number of rotatable bonds is 5. The zero-order valence-corrected chi connectivity index (χ0v) is 14.4. The number of hydrogen-bond donors (Lipinski definition) is 0. The van der Waals surface area contributed by atoms with E-state index in [1.165, 1.54) is 11.1 Å². The molecule has 1 aromatic carbocycles. The zero-order chi connectivity index (χ0) is 15.9. The maximum Gasteiger partial charge on any atom is 0.0828 e. The highest BCUT2D eigenvalue weighted by Crippen LogP contribution is 2.16. The normalized spacial score (nSPS) is 24.5. The Balaban J connectivity index is 1.58. The van der Waals surface area contributed by atoms with Crippen molar-refractivity contribution in [3.8, 4) is 0 Å². The summed E-state index contributed by atoms with van der Waals surface area (Å²) in [5.74, 6) is 0. The third-order valence-electron chi connectivity index (χ3n) is 4.89. The van der Waals surface area contributed by atoms with Crippen LogP contribution in [0.1, 0.15) is 24.5 Å². The first kappa shape index (κ1) is 16.9. The fraction of sp³-hybridized carbons (Fsp3) is 0.684. The monoisotopic (exact) mass is 318 g/mol. The summed E-state index contributed by atoms with van der Waals surface area (Å²) in [4.78, 5) is 5.06. The molecular formula is C19H30N2O2. The van der Waals surface area contributed by atoms with E-state index < -0.39 is 0 Å². The zero-order valence-electron chi connectivity index (χ0n) is 14.4. The topological polar surface area (TPSA) is 24.9 Å². The Morgan fingerprint density at radius 1 is 1.00 bits per heavy atom. The van der Waals surface area contributed by atoms with Gasteiger partial charge in [-0.3, -0.25) is 9.80 Å². The average molecular weight is 318 g/mol. The van der Waals surface area contributed by atoms with Crippen LogP contribution in [-0.2, 0) is 22.4 Å². The molecule has 1 unspecified atom stereocenters. The number of morpholine rings is 1. The van der Waals surface area contributed by atoms with Crippen LogP contribution in [0.5, 0.6) is 0 Å². The Hall–Kier alpha value is -0.940. The standard InChI is InChI=1S/C19H30N2O2/c1-2-17-6-3-4-7-18(17)14-21-8-5-11-23-19(16-21)15-20-9-12-22-13-10-20/h3-4,6-7,19H,2,5,8-16H2,1H3. The van der Waals surface area contributed by atoms with Gasteiger partial charge in [-0.15, -0.1) is 0 Å². The largest absolute Gasteiger partial charge is 0.379 e. The summed E-state index contributed by atoms with van der Waals surface area (Å²) in [7, 11) is 0. The molecule has 0 aliphatic carbocycles. The van der Waals surface area contributed by atoms with Gasteiger partial charge in [0.1, 0.15) is 0 Å². The van der Waals surface area contributed by atoms with Crippen molar-refractivity contribution in [2.24, 2.45) is 0 Å². The van der Waals surface area contributed by atoms with Crippen molar-refractivity contribution in [2.45, 2.75) is 32.4 Å². The summed E-state index contributed by atoms with van der Waals surface area (Å²) in [6.45, 7) is 11.2. The van der Waals surface area contributed by atoms with Gasteiger partial charge >= 0.3 is 0 Å². The number of ether oxygens (including phenoxy) is 2. The van der Waals surface area contributed by atoms with E-state index in [2.05, 4.69) is 41.0 Å². The van der Waals surface area contributed by atoms with Gasteiger partial charge in [0, 0.05) is 45.9 Å². The summed E-state index contributed by atoms with van der Waals surface area (Å²) in [6, 6.07) is 8.85. The molecule has 0 amide bonds. The van der Waals surface area contributed by atoms with E-state index >= 15 is 0 Å². The molecule has 0 aromatic heterocycles. The summed E-state index contributed by atoms with van der Waals surface area (Å²) < 4.78 is 11.6. The van der Waals surface area contributed by atoms with Gasteiger partial charge < -0.3 is 9.47 Å². The van der Waals surface area contributed by atoms with Crippen molar-refractivity contribution < 1.29 is 9.47 Å². The molecule has 0 N–H and O–H groups in total. The minimum atomic E-state index is 0.324. The molecule has 2 saturated heterocycles. The Morgan fingerprint density at radius 3 is 2.57 bits per heavy atom. The summed E-state index contributed by atoms with van der Waals surface area (Å²) in [5, 5.41) is 0. The molecule has 128 valence electrons. The smallest absolute Gasteiger partial charge is 0.0828 e. The van der Waals surface area contributed by atoms with E-state index in [9.17, 15) is 0 Å². The number of nitrogens with zero attached hydrogens (tertiary/aromatic N) is 2. The van der Waals surface area contributed by atoms with Gasteiger partial charge in [-0.05, 0) is 24.0 Å². The third-order valence-corrected chi connectivity index (χ3v) is 4.89. The Labute approximate surface area is 140 Å². The molecule has 4 nitrogen and oxygen atoms in total. The first-order valence-corrected chi connectivity index (χ1v) is 9.06. The molecule has 0 saturated carbocycles. The van der Waals surface area contributed by atoms with Crippen LogP contribution in [0.15, 0.2) is 24.3 Å². The fourth-order valence-electron chi connectivity index (χ4n) is 3.59. The van der Waals surface area contributed by atoms with Crippen LogP contribution in [0.3, 0.4) is 0 Å². The molecule has 2 aliphatic rings. The summed E-state index contributed by atoms with van der Waals surface area (Å²) >= 11 is 0. The highest BCUT2D eigenvalue weighted by Gasteiger charge is 2.22. The Kier molecular flexibility index (Phi) is 6.46. The van der Waals surface area contributed by atoms with Crippen molar-refractivity contribution in [2.75, 3.05) is 52.5 Å². The molecule has 2 fully saturated rings. The average Bonchev–Trinajstić information content (AvgIpc) is 2.81. The van der Waals surface area contributed by atoms with Crippen LogP contribution in [0.25, 0.3) is 0 Å². The quantitative estimate of drug-likeness (QED) is 0.831. The molecule has 2 heterocycles. The van der Waals surface area contributed by atoms with Crippen LogP contribution in [0, 0.1) is 0 Å². The van der Waals surface area contributed by atoms with E-state index in [0.717, 1.165) is 71.9 Å². The van der Waals surface area contributed by atoms with Crippen LogP contribution in [-0.4, -0.2) is 68.4 Å². The van der Waals surface area contributed by atoms with Crippen LogP contribution in [0.2, 0.25) is 0 Å². The lowest BCUT2D eigenvalue weighted by atomic mass is 10.0. The molecule has 1 aromatic rings. The van der Waals surface area contributed by atoms with Crippen LogP contribution in [0.4, 0.5) is 0 Å². The van der Waals surface area contributed by atoms with Crippen molar-refractivity contribution in [3.63, 3.8) is 0 Å². The lowest BCUT2D eigenvalue weighted by Gasteiger charge is -2.31. The molecular weight excluding hydrogens is 288 g/mol. The van der Waals surface area contributed by atoms with Gasteiger partial charge in [-0.25, -0.2) is 0 Å². The molecule has 0 spiro atoms. The molecule has 0 radical (unpaired) electrons. The molecule has 0 bridgehead atoms. The van der Waals surface area contributed by atoms with Gasteiger partial charge in [-0.2, -0.15) is 0 Å². The molecule has 2 aliphatic heterocycles. The maximum absolute atomic E-state index is 6.11. The van der Waals surface area contributed by atoms with E-state index in [4.69, 9.17) is 9.47 Å². The minimum absolute atomic E-state index is 0.324. The second kappa shape index (κ2) is 8.78. The van der Waals surface area contributed by atoms with Crippen LogP contribution < -0.4 is 0 Å². The Morgan fingerprint density at radius 2 is 1.78 bits per heavy atom. The first-order valence-electron chi connectivity index (χ1n) is 9.06. The predicted octanol–water partition coefficient (Wildman–Crippen LogP) is 2.17. The summed E-state index contributed by atoms with van der Waals surface area (Å²) in [6.07, 6.45) is 2.57. The highest BCUT2D eigenvalue weighted by atomic mass is 16.5. The van der Waals surface area contributed by atoms with E-state index in [1.54, 1.807) is 0 Å². The van der Waals surface area contributed by atoms with Crippen molar-refractivity contribution in [1.82, 2.24) is 9.80 Å². The Bertz CT molecular complexity index is 474. The second-order valence-corrected chi connectivity index (χ2v) is 6.62. The molecule has 3 rings (SSSR count). The van der Waals surface area contributed by atoms with Crippen LogP contribution >= 0.6 is 0 Å². The van der Waals surface area contributed by atoms with Crippen molar-refractivity contribution in [3.05, 3.63) is 35.4 Å². The molecule has 4 heteroatoms. The number of benzene rings is 1. The lowest BCUT2D eigenvalue weighted by molar-refractivity contribution is -0.0123.